The Kier molecular flexibility index (Phi) is 5.77. The Morgan fingerprint density at radius 2 is 1.58 bits per heavy atom. The van der Waals surface area contributed by atoms with Gasteiger partial charge in [0.2, 0.25) is 10.0 Å². The summed E-state index contributed by atoms with van der Waals surface area (Å²) >= 11 is 6.70. The molecule has 128 valence electrons. The Balaban J connectivity index is 1.68. The van der Waals surface area contributed by atoms with E-state index in [2.05, 4.69) is 48.9 Å². The van der Waals surface area contributed by atoms with Crippen molar-refractivity contribution >= 4 is 41.9 Å². The number of rotatable bonds is 4. The van der Waals surface area contributed by atoms with Gasteiger partial charge in [0, 0.05) is 41.7 Å². The van der Waals surface area contributed by atoms with E-state index in [0.717, 1.165) is 24.1 Å². The van der Waals surface area contributed by atoms with Gasteiger partial charge in [-0.2, -0.15) is 4.31 Å². The van der Waals surface area contributed by atoms with Crippen LogP contribution in [0, 0.1) is 0 Å². The molecule has 1 fully saturated rings. The third kappa shape index (κ3) is 4.08. The fourth-order valence-electron chi connectivity index (χ4n) is 2.78. The third-order valence-electron chi connectivity index (χ3n) is 4.09. The minimum absolute atomic E-state index is 0.313. The van der Waals surface area contributed by atoms with E-state index in [1.165, 1.54) is 5.56 Å². The Hall–Kier alpha value is -0.730. The molecule has 0 atom stereocenters. The molecule has 1 heterocycles. The van der Waals surface area contributed by atoms with Crippen LogP contribution in [0.25, 0.3) is 0 Å². The van der Waals surface area contributed by atoms with Gasteiger partial charge in [0.1, 0.15) is 0 Å². The number of nitrogens with zero attached hydrogens (tertiary/aromatic N) is 2. The molecule has 2 aromatic carbocycles. The van der Waals surface area contributed by atoms with Crippen molar-refractivity contribution in [2.24, 2.45) is 0 Å². The molecule has 3 rings (SSSR count). The fraction of sp³-hybridized carbons (Fsp3) is 0.294. The van der Waals surface area contributed by atoms with Crippen LogP contribution in [0.2, 0.25) is 0 Å². The molecule has 0 aromatic heterocycles. The molecule has 7 heteroatoms. The standard InChI is InChI=1S/C17H18Br2N2O2S/c18-15-6-7-16(19)17(12-15)24(22,23)21-10-8-20(9-11-21)13-14-4-2-1-3-5-14/h1-7,12H,8-11,13H2. The molecule has 0 radical (unpaired) electrons. The van der Waals surface area contributed by atoms with Gasteiger partial charge >= 0.3 is 0 Å². The Bertz CT molecular complexity index is 805. The minimum atomic E-state index is -3.48. The minimum Gasteiger partial charge on any atom is -0.296 e. The molecule has 1 saturated heterocycles. The Morgan fingerprint density at radius 1 is 0.917 bits per heavy atom. The summed E-state index contributed by atoms with van der Waals surface area (Å²) in [4.78, 5) is 2.60. The average Bonchev–Trinajstić information content (AvgIpc) is 2.58. The van der Waals surface area contributed by atoms with E-state index in [1.807, 2.05) is 24.3 Å². The maximum Gasteiger partial charge on any atom is 0.244 e. The molecule has 1 aliphatic heterocycles. The van der Waals surface area contributed by atoms with E-state index in [4.69, 9.17) is 0 Å². The molecule has 0 saturated carbocycles. The third-order valence-corrected chi connectivity index (χ3v) is 7.48. The van der Waals surface area contributed by atoms with Crippen LogP contribution in [-0.4, -0.2) is 43.8 Å². The highest BCUT2D eigenvalue weighted by molar-refractivity contribution is 9.11. The lowest BCUT2D eigenvalue weighted by atomic mass is 10.2. The van der Waals surface area contributed by atoms with Gasteiger partial charge in [0.25, 0.3) is 0 Å². The second-order valence-corrected chi connectivity index (χ2v) is 9.42. The lowest BCUT2D eigenvalue weighted by Gasteiger charge is -2.34. The van der Waals surface area contributed by atoms with Crippen LogP contribution in [-0.2, 0) is 16.6 Å². The summed E-state index contributed by atoms with van der Waals surface area (Å²) in [6, 6.07) is 15.5. The lowest BCUT2D eigenvalue weighted by Crippen LogP contribution is -2.48. The van der Waals surface area contributed by atoms with Crippen LogP contribution >= 0.6 is 31.9 Å². The number of sulfonamides is 1. The van der Waals surface area contributed by atoms with E-state index in [0.29, 0.717) is 22.5 Å². The molecule has 0 spiro atoms. The predicted molar refractivity (Wildman–Crippen MR) is 102 cm³/mol. The largest absolute Gasteiger partial charge is 0.296 e. The van der Waals surface area contributed by atoms with Crippen molar-refractivity contribution < 1.29 is 8.42 Å². The number of piperazine rings is 1. The van der Waals surface area contributed by atoms with Crippen LogP contribution in [0.15, 0.2) is 62.4 Å². The van der Waals surface area contributed by atoms with Gasteiger partial charge in [0.15, 0.2) is 0 Å². The highest BCUT2D eigenvalue weighted by Crippen LogP contribution is 2.28. The van der Waals surface area contributed by atoms with Gasteiger partial charge in [0.05, 0.1) is 4.90 Å². The zero-order chi connectivity index (χ0) is 17.2. The number of hydrogen-bond donors (Lipinski definition) is 0. The van der Waals surface area contributed by atoms with Crippen LogP contribution in [0.4, 0.5) is 0 Å². The first-order valence-electron chi connectivity index (χ1n) is 7.68. The van der Waals surface area contributed by atoms with Crippen LogP contribution < -0.4 is 0 Å². The summed E-state index contributed by atoms with van der Waals surface area (Å²) in [6.07, 6.45) is 0. The van der Waals surface area contributed by atoms with Crippen LogP contribution in [0.3, 0.4) is 0 Å². The van der Waals surface area contributed by atoms with Crippen molar-refractivity contribution in [2.45, 2.75) is 11.4 Å². The average molecular weight is 474 g/mol. The van der Waals surface area contributed by atoms with E-state index in [1.54, 1.807) is 16.4 Å². The predicted octanol–water partition coefficient (Wildman–Crippen LogP) is 3.72. The number of hydrogen-bond acceptors (Lipinski definition) is 3. The smallest absolute Gasteiger partial charge is 0.244 e. The highest BCUT2D eigenvalue weighted by Gasteiger charge is 2.30. The first-order valence-corrected chi connectivity index (χ1v) is 10.7. The summed E-state index contributed by atoms with van der Waals surface area (Å²) in [7, 11) is -3.48. The quantitative estimate of drug-likeness (QED) is 0.679. The van der Waals surface area contributed by atoms with Gasteiger partial charge in [-0.05, 0) is 39.7 Å². The second-order valence-electron chi connectivity index (χ2n) is 5.74. The zero-order valence-electron chi connectivity index (χ0n) is 13.0. The Labute approximate surface area is 159 Å². The molecule has 4 nitrogen and oxygen atoms in total. The van der Waals surface area contributed by atoms with Crippen LogP contribution in [0.1, 0.15) is 5.56 Å². The second kappa shape index (κ2) is 7.66. The summed E-state index contributed by atoms with van der Waals surface area (Å²) < 4.78 is 28.7. The van der Waals surface area contributed by atoms with Gasteiger partial charge in [-0.25, -0.2) is 8.42 Å². The molecule has 0 amide bonds. The molecule has 0 bridgehead atoms. The van der Waals surface area contributed by atoms with Gasteiger partial charge in [-0.3, -0.25) is 4.90 Å². The molecule has 2 aromatic rings. The summed E-state index contributed by atoms with van der Waals surface area (Å²) in [5, 5.41) is 0. The molecule has 1 aliphatic rings. The molecular formula is C17H18Br2N2O2S. The fourth-order valence-corrected chi connectivity index (χ4v) is 5.67. The van der Waals surface area contributed by atoms with Crippen molar-refractivity contribution in [1.29, 1.82) is 0 Å². The topological polar surface area (TPSA) is 40.6 Å². The maximum atomic E-state index is 12.9. The monoisotopic (exact) mass is 472 g/mol. The highest BCUT2D eigenvalue weighted by atomic mass is 79.9. The number of benzene rings is 2. The summed E-state index contributed by atoms with van der Waals surface area (Å²) in [6.45, 7) is 3.34. The molecule has 0 unspecified atom stereocenters. The van der Waals surface area contributed by atoms with Crippen molar-refractivity contribution in [2.75, 3.05) is 26.2 Å². The Morgan fingerprint density at radius 3 is 2.25 bits per heavy atom. The maximum absolute atomic E-state index is 12.9. The SMILES string of the molecule is O=S(=O)(c1cc(Br)ccc1Br)N1CCN(Cc2ccccc2)CC1. The van der Waals surface area contributed by atoms with Crippen molar-refractivity contribution in [3.05, 3.63) is 63.0 Å². The van der Waals surface area contributed by atoms with Crippen molar-refractivity contribution in [1.82, 2.24) is 9.21 Å². The van der Waals surface area contributed by atoms with E-state index < -0.39 is 10.0 Å². The van der Waals surface area contributed by atoms with Crippen molar-refractivity contribution in [3.8, 4) is 0 Å². The molecular weight excluding hydrogens is 456 g/mol. The van der Waals surface area contributed by atoms with Crippen molar-refractivity contribution in [3.63, 3.8) is 0 Å². The lowest BCUT2D eigenvalue weighted by molar-refractivity contribution is 0.181. The summed E-state index contributed by atoms with van der Waals surface area (Å²) in [5.74, 6) is 0. The van der Waals surface area contributed by atoms with Gasteiger partial charge in [-0.15, -0.1) is 0 Å². The van der Waals surface area contributed by atoms with E-state index >= 15 is 0 Å². The normalized spacial score (nSPS) is 17.1. The number of halogens is 2. The zero-order valence-corrected chi connectivity index (χ0v) is 17.0. The summed E-state index contributed by atoms with van der Waals surface area (Å²) in [5.41, 5.74) is 1.25. The first-order chi connectivity index (χ1) is 11.5. The van der Waals surface area contributed by atoms with Gasteiger partial charge in [-0.1, -0.05) is 46.3 Å². The van der Waals surface area contributed by atoms with E-state index in [9.17, 15) is 8.42 Å². The first kappa shape index (κ1) is 18.1. The molecule has 0 N–H and O–H groups in total. The van der Waals surface area contributed by atoms with Crippen LogP contribution in [0.5, 0.6) is 0 Å². The van der Waals surface area contributed by atoms with Gasteiger partial charge < -0.3 is 0 Å². The molecule has 24 heavy (non-hydrogen) atoms. The molecule has 0 aliphatic carbocycles. The van der Waals surface area contributed by atoms with E-state index in [-0.39, 0.29) is 0 Å².